The molecule has 118 valence electrons. The van der Waals surface area contributed by atoms with E-state index in [2.05, 4.69) is 85.1 Å². The second-order valence-corrected chi connectivity index (χ2v) is 6.38. The van der Waals surface area contributed by atoms with E-state index >= 15 is 0 Å². The first-order valence-electron chi connectivity index (χ1n) is 8.37. The fourth-order valence-corrected chi connectivity index (χ4v) is 3.07. The molecule has 0 aliphatic carbocycles. The van der Waals surface area contributed by atoms with Crippen molar-refractivity contribution in [2.75, 3.05) is 0 Å². The van der Waals surface area contributed by atoms with Crippen LogP contribution in [0.15, 0.2) is 78.9 Å². The summed E-state index contributed by atoms with van der Waals surface area (Å²) in [4.78, 5) is 4.92. The Kier molecular flexibility index (Phi) is 3.66. The maximum absolute atomic E-state index is 4.92. The Labute approximate surface area is 142 Å². The number of aromatic nitrogens is 2. The van der Waals surface area contributed by atoms with Gasteiger partial charge in [-0.1, -0.05) is 68.4 Å². The molecule has 0 atom stereocenters. The molecule has 2 heteroatoms. The van der Waals surface area contributed by atoms with E-state index in [0.29, 0.717) is 5.92 Å². The highest BCUT2D eigenvalue weighted by molar-refractivity contribution is 5.84. The molecule has 0 aliphatic rings. The van der Waals surface area contributed by atoms with E-state index in [4.69, 9.17) is 4.98 Å². The van der Waals surface area contributed by atoms with Crippen LogP contribution in [0.4, 0.5) is 0 Å². The molecule has 0 spiro atoms. The molecule has 4 aromatic rings. The molecule has 0 radical (unpaired) electrons. The highest BCUT2D eigenvalue weighted by atomic mass is 15.1. The van der Waals surface area contributed by atoms with Gasteiger partial charge in [0.15, 0.2) is 0 Å². The molecule has 0 unspecified atom stereocenters. The molecule has 24 heavy (non-hydrogen) atoms. The highest BCUT2D eigenvalue weighted by Gasteiger charge is 2.15. The predicted molar refractivity (Wildman–Crippen MR) is 101 cm³/mol. The van der Waals surface area contributed by atoms with E-state index < -0.39 is 0 Å². The summed E-state index contributed by atoms with van der Waals surface area (Å²) in [6, 6.07) is 27.4. The maximum atomic E-state index is 4.92. The summed E-state index contributed by atoms with van der Waals surface area (Å²) in [6.07, 6.45) is 0. The lowest BCUT2D eigenvalue weighted by molar-refractivity contribution is 0.867. The Morgan fingerprint density at radius 2 is 1.46 bits per heavy atom. The van der Waals surface area contributed by atoms with Gasteiger partial charge < -0.3 is 0 Å². The average Bonchev–Trinajstić information content (AvgIpc) is 3.01. The largest absolute Gasteiger partial charge is 0.292 e. The van der Waals surface area contributed by atoms with Crippen LogP contribution in [0.2, 0.25) is 0 Å². The highest BCUT2D eigenvalue weighted by Crippen LogP contribution is 2.30. The minimum Gasteiger partial charge on any atom is -0.292 e. The summed E-state index contributed by atoms with van der Waals surface area (Å²) in [5.74, 6) is 1.48. The summed E-state index contributed by atoms with van der Waals surface area (Å²) in [7, 11) is 0. The molecule has 3 aromatic carbocycles. The molecule has 0 saturated heterocycles. The SMILES string of the molecule is CC(C)c1ccc2nc(-c3ccccc3)n(-c3ccccc3)c2c1. The zero-order chi connectivity index (χ0) is 16.5. The van der Waals surface area contributed by atoms with Gasteiger partial charge in [0.25, 0.3) is 0 Å². The molecule has 0 saturated carbocycles. The monoisotopic (exact) mass is 312 g/mol. The number of nitrogens with zero attached hydrogens (tertiary/aromatic N) is 2. The summed E-state index contributed by atoms with van der Waals surface area (Å²) in [6.45, 7) is 4.45. The molecule has 1 aromatic heterocycles. The summed E-state index contributed by atoms with van der Waals surface area (Å²) < 4.78 is 2.26. The van der Waals surface area contributed by atoms with Gasteiger partial charge in [0.2, 0.25) is 0 Å². The van der Waals surface area contributed by atoms with Crippen molar-refractivity contribution in [3.63, 3.8) is 0 Å². The third-order valence-corrected chi connectivity index (χ3v) is 4.39. The molecule has 0 aliphatic heterocycles. The zero-order valence-corrected chi connectivity index (χ0v) is 14.0. The van der Waals surface area contributed by atoms with Crippen LogP contribution in [0.3, 0.4) is 0 Å². The molecule has 0 bridgehead atoms. The fourth-order valence-electron chi connectivity index (χ4n) is 3.07. The Hall–Kier alpha value is -2.87. The standard InChI is InChI=1S/C22H20N2/c1-16(2)18-13-14-20-21(15-18)24(19-11-7-4-8-12-19)22(23-20)17-9-5-3-6-10-17/h3-16H,1-2H3. The van der Waals surface area contributed by atoms with E-state index in [1.54, 1.807) is 0 Å². The molecular formula is C22H20N2. The Balaban J connectivity index is 2.05. The molecule has 0 N–H and O–H groups in total. The first-order chi connectivity index (χ1) is 11.7. The van der Waals surface area contributed by atoms with Crippen molar-refractivity contribution in [1.82, 2.24) is 9.55 Å². The number of rotatable bonds is 3. The minimum atomic E-state index is 0.494. The lowest BCUT2D eigenvalue weighted by Gasteiger charge is -2.11. The number of para-hydroxylation sites is 1. The quantitative estimate of drug-likeness (QED) is 0.466. The molecular weight excluding hydrogens is 292 g/mol. The van der Waals surface area contributed by atoms with E-state index in [9.17, 15) is 0 Å². The average molecular weight is 312 g/mol. The number of hydrogen-bond donors (Lipinski definition) is 0. The van der Waals surface area contributed by atoms with Crippen LogP contribution in [-0.2, 0) is 0 Å². The van der Waals surface area contributed by atoms with Crippen molar-refractivity contribution < 1.29 is 0 Å². The molecule has 0 amide bonds. The maximum Gasteiger partial charge on any atom is 0.145 e. The van der Waals surface area contributed by atoms with Gasteiger partial charge >= 0.3 is 0 Å². The van der Waals surface area contributed by atoms with Crippen molar-refractivity contribution >= 4 is 11.0 Å². The number of fused-ring (bicyclic) bond motifs is 1. The number of benzene rings is 3. The van der Waals surface area contributed by atoms with Gasteiger partial charge in [-0.2, -0.15) is 0 Å². The van der Waals surface area contributed by atoms with Gasteiger partial charge in [-0.05, 0) is 35.7 Å². The van der Waals surface area contributed by atoms with Crippen LogP contribution in [-0.4, -0.2) is 9.55 Å². The number of imidazole rings is 1. The fraction of sp³-hybridized carbons (Fsp3) is 0.136. The molecule has 2 nitrogen and oxygen atoms in total. The van der Waals surface area contributed by atoms with Crippen molar-refractivity contribution in [1.29, 1.82) is 0 Å². The normalized spacial score (nSPS) is 11.3. The van der Waals surface area contributed by atoms with E-state index in [1.165, 1.54) is 5.56 Å². The topological polar surface area (TPSA) is 17.8 Å². The van der Waals surface area contributed by atoms with Crippen molar-refractivity contribution in [3.8, 4) is 17.1 Å². The van der Waals surface area contributed by atoms with E-state index in [-0.39, 0.29) is 0 Å². The molecule has 1 heterocycles. The van der Waals surface area contributed by atoms with Gasteiger partial charge in [-0.3, -0.25) is 4.57 Å². The van der Waals surface area contributed by atoms with Crippen molar-refractivity contribution in [2.45, 2.75) is 19.8 Å². The van der Waals surface area contributed by atoms with Crippen LogP contribution >= 0.6 is 0 Å². The molecule has 4 rings (SSSR count). The Bertz CT molecular complexity index is 967. The third kappa shape index (κ3) is 2.50. The predicted octanol–water partition coefficient (Wildman–Crippen LogP) is 5.82. The lowest BCUT2D eigenvalue weighted by Crippen LogP contribution is -1.97. The second-order valence-electron chi connectivity index (χ2n) is 6.38. The van der Waals surface area contributed by atoms with Crippen LogP contribution in [0, 0.1) is 0 Å². The van der Waals surface area contributed by atoms with Crippen LogP contribution in [0.1, 0.15) is 25.3 Å². The third-order valence-electron chi connectivity index (χ3n) is 4.39. The van der Waals surface area contributed by atoms with Crippen LogP contribution in [0.5, 0.6) is 0 Å². The van der Waals surface area contributed by atoms with E-state index in [1.807, 2.05) is 12.1 Å². The summed E-state index contributed by atoms with van der Waals surface area (Å²) >= 11 is 0. The van der Waals surface area contributed by atoms with Gasteiger partial charge in [-0.25, -0.2) is 4.98 Å². The van der Waals surface area contributed by atoms with Gasteiger partial charge in [-0.15, -0.1) is 0 Å². The van der Waals surface area contributed by atoms with Gasteiger partial charge in [0.1, 0.15) is 5.82 Å². The van der Waals surface area contributed by atoms with Gasteiger partial charge in [0.05, 0.1) is 11.0 Å². The van der Waals surface area contributed by atoms with Crippen LogP contribution in [0.25, 0.3) is 28.1 Å². The van der Waals surface area contributed by atoms with Crippen molar-refractivity contribution in [2.24, 2.45) is 0 Å². The van der Waals surface area contributed by atoms with Crippen LogP contribution < -0.4 is 0 Å². The lowest BCUT2D eigenvalue weighted by atomic mass is 10.0. The summed E-state index contributed by atoms with van der Waals surface area (Å²) in [5, 5.41) is 0. The minimum absolute atomic E-state index is 0.494. The first-order valence-corrected chi connectivity index (χ1v) is 8.37. The smallest absolute Gasteiger partial charge is 0.145 e. The summed E-state index contributed by atoms with van der Waals surface area (Å²) in [5.41, 5.74) is 5.79. The number of hydrogen-bond acceptors (Lipinski definition) is 1. The van der Waals surface area contributed by atoms with Gasteiger partial charge in [0, 0.05) is 11.3 Å². The Morgan fingerprint density at radius 1 is 0.792 bits per heavy atom. The van der Waals surface area contributed by atoms with Crippen molar-refractivity contribution in [3.05, 3.63) is 84.4 Å². The Morgan fingerprint density at radius 3 is 2.12 bits per heavy atom. The first kappa shape index (κ1) is 14.7. The second kappa shape index (κ2) is 5.97. The zero-order valence-electron chi connectivity index (χ0n) is 14.0. The van der Waals surface area contributed by atoms with E-state index in [0.717, 1.165) is 28.1 Å². The molecule has 0 fully saturated rings.